The van der Waals surface area contributed by atoms with Crippen molar-refractivity contribution < 1.29 is 24.2 Å². The van der Waals surface area contributed by atoms with Gasteiger partial charge < -0.3 is 24.4 Å². The number of hydrogen-bond acceptors (Lipinski definition) is 6. The third kappa shape index (κ3) is 4.49. The molecule has 142 valence electrons. The quantitative estimate of drug-likeness (QED) is 0.810. The lowest BCUT2D eigenvalue weighted by Crippen LogP contribution is -2.49. The summed E-state index contributed by atoms with van der Waals surface area (Å²) in [4.78, 5) is 28.3. The van der Waals surface area contributed by atoms with E-state index in [1.807, 2.05) is 30.3 Å². The first-order valence-corrected chi connectivity index (χ1v) is 8.70. The van der Waals surface area contributed by atoms with Gasteiger partial charge in [-0.3, -0.25) is 4.79 Å². The number of piperazine rings is 1. The second kappa shape index (κ2) is 8.44. The summed E-state index contributed by atoms with van der Waals surface area (Å²) in [7, 11) is 1.46. The molecule has 1 saturated heterocycles. The van der Waals surface area contributed by atoms with Gasteiger partial charge in [-0.15, -0.1) is 0 Å². The average molecular weight is 370 g/mol. The van der Waals surface area contributed by atoms with Crippen molar-refractivity contribution in [3.8, 4) is 11.5 Å². The Bertz CT molecular complexity index is 801. The fourth-order valence-corrected chi connectivity index (χ4v) is 2.96. The molecule has 1 aliphatic rings. The van der Waals surface area contributed by atoms with Gasteiger partial charge in [0.25, 0.3) is 5.91 Å². The number of nitrogens with zero attached hydrogens (tertiary/aromatic N) is 2. The zero-order valence-corrected chi connectivity index (χ0v) is 15.1. The van der Waals surface area contributed by atoms with Gasteiger partial charge in [0, 0.05) is 37.9 Å². The van der Waals surface area contributed by atoms with Crippen LogP contribution in [0, 0.1) is 0 Å². The van der Waals surface area contributed by atoms with E-state index in [4.69, 9.17) is 9.47 Å². The minimum Gasteiger partial charge on any atom is -0.507 e. The number of rotatable bonds is 5. The Hall–Kier alpha value is -3.22. The summed E-state index contributed by atoms with van der Waals surface area (Å²) in [5, 5.41) is 9.86. The number of phenolic OH excluding ortho intramolecular Hbond substituents is 1. The number of aromatic hydroxyl groups is 1. The van der Waals surface area contributed by atoms with Gasteiger partial charge in [-0.1, -0.05) is 18.2 Å². The molecule has 1 N–H and O–H groups in total. The van der Waals surface area contributed by atoms with Crippen molar-refractivity contribution in [2.75, 3.05) is 44.8 Å². The molecular formula is C20H22N2O5. The van der Waals surface area contributed by atoms with Crippen molar-refractivity contribution in [3.05, 3.63) is 54.1 Å². The van der Waals surface area contributed by atoms with Gasteiger partial charge in [-0.05, 0) is 24.3 Å². The number of carbonyl (C=O) groups is 2. The molecule has 0 unspecified atom stereocenters. The maximum atomic E-state index is 12.3. The van der Waals surface area contributed by atoms with Crippen LogP contribution in [0.1, 0.15) is 10.4 Å². The van der Waals surface area contributed by atoms with Crippen LogP contribution in [0.25, 0.3) is 0 Å². The first-order valence-electron chi connectivity index (χ1n) is 8.70. The molecule has 3 rings (SSSR count). The summed E-state index contributed by atoms with van der Waals surface area (Å²) in [5.74, 6) is -0.810. The van der Waals surface area contributed by atoms with Crippen LogP contribution < -0.4 is 9.64 Å². The zero-order valence-electron chi connectivity index (χ0n) is 15.1. The second-order valence-corrected chi connectivity index (χ2v) is 6.16. The second-order valence-electron chi connectivity index (χ2n) is 6.16. The van der Waals surface area contributed by atoms with E-state index >= 15 is 0 Å². The van der Waals surface area contributed by atoms with Crippen LogP contribution in [0.4, 0.5) is 5.69 Å². The van der Waals surface area contributed by atoms with Gasteiger partial charge in [0.05, 0.1) is 7.11 Å². The third-order valence-electron chi connectivity index (χ3n) is 4.51. The minimum atomic E-state index is -0.744. The highest BCUT2D eigenvalue weighted by atomic mass is 16.5. The Labute approximate surface area is 157 Å². The molecule has 7 nitrogen and oxygen atoms in total. The van der Waals surface area contributed by atoms with Gasteiger partial charge >= 0.3 is 5.97 Å². The Morgan fingerprint density at radius 2 is 1.74 bits per heavy atom. The molecular weight excluding hydrogens is 348 g/mol. The summed E-state index contributed by atoms with van der Waals surface area (Å²) in [6.07, 6.45) is 0. The standard InChI is InChI=1S/C20H22N2O5/c1-26-16-7-8-17(18(23)13-16)20(25)27-14-19(24)22-11-9-21(10-12-22)15-5-3-2-4-6-15/h2-8,13,23H,9-12,14H2,1H3. The van der Waals surface area contributed by atoms with Gasteiger partial charge in [0.1, 0.15) is 17.1 Å². The summed E-state index contributed by atoms with van der Waals surface area (Å²) < 4.78 is 10.0. The first-order chi connectivity index (χ1) is 13.1. The van der Waals surface area contributed by atoms with Crippen molar-refractivity contribution in [2.24, 2.45) is 0 Å². The fraction of sp³-hybridized carbons (Fsp3) is 0.300. The molecule has 0 saturated carbocycles. The third-order valence-corrected chi connectivity index (χ3v) is 4.51. The number of phenols is 1. The average Bonchev–Trinajstić information content (AvgIpc) is 2.72. The Morgan fingerprint density at radius 3 is 2.37 bits per heavy atom. The minimum absolute atomic E-state index is 0.00232. The van der Waals surface area contributed by atoms with Crippen LogP contribution >= 0.6 is 0 Å². The summed E-state index contributed by atoms with van der Waals surface area (Å²) in [5.41, 5.74) is 1.13. The molecule has 2 aromatic rings. The maximum Gasteiger partial charge on any atom is 0.342 e. The summed E-state index contributed by atoms with van der Waals surface area (Å²) in [6.45, 7) is 2.24. The van der Waals surface area contributed by atoms with Gasteiger partial charge in [-0.2, -0.15) is 0 Å². The van der Waals surface area contributed by atoms with Crippen LogP contribution in [-0.2, 0) is 9.53 Å². The van der Waals surface area contributed by atoms with E-state index in [0.29, 0.717) is 18.8 Å². The molecule has 0 aliphatic carbocycles. The molecule has 1 heterocycles. The maximum absolute atomic E-state index is 12.3. The molecule has 0 atom stereocenters. The lowest BCUT2D eigenvalue weighted by molar-refractivity contribution is -0.134. The molecule has 2 aromatic carbocycles. The number of hydrogen-bond donors (Lipinski definition) is 1. The van der Waals surface area contributed by atoms with Crippen molar-refractivity contribution in [1.29, 1.82) is 0 Å². The highest BCUT2D eigenvalue weighted by Crippen LogP contribution is 2.24. The monoisotopic (exact) mass is 370 g/mol. The predicted molar refractivity (Wildman–Crippen MR) is 100 cm³/mol. The predicted octanol–water partition coefficient (Wildman–Crippen LogP) is 1.91. The molecule has 1 aliphatic heterocycles. The van der Waals surface area contributed by atoms with Crippen LogP contribution in [-0.4, -0.2) is 61.8 Å². The van der Waals surface area contributed by atoms with Gasteiger partial charge in [0.2, 0.25) is 0 Å². The van der Waals surface area contributed by atoms with E-state index in [9.17, 15) is 14.7 Å². The Kier molecular flexibility index (Phi) is 5.80. The normalized spacial score (nSPS) is 14.0. The smallest absolute Gasteiger partial charge is 0.342 e. The van der Waals surface area contributed by atoms with Crippen LogP contribution in [0.3, 0.4) is 0 Å². The highest BCUT2D eigenvalue weighted by molar-refractivity contribution is 5.94. The SMILES string of the molecule is COc1ccc(C(=O)OCC(=O)N2CCN(c3ccccc3)CC2)c(O)c1. The molecule has 7 heteroatoms. The molecule has 0 bridgehead atoms. The highest BCUT2D eigenvalue weighted by Gasteiger charge is 2.23. The molecule has 1 fully saturated rings. The molecule has 0 aromatic heterocycles. The largest absolute Gasteiger partial charge is 0.507 e. The molecule has 0 radical (unpaired) electrons. The van der Waals surface area contributed by atoms with Crippen LogP contribution in [0.15, 0.2) is 48.5 Å². The van der Waals surface area contributed by atoms with Crippen LogP contribution in [0.2, 0.25) is 0 Å². The molecule has 1 amide bonds. The van der Waals surface area contributed by atoms with Crippen molar-refractivity contribution in [1.82, 2.24) is 4.90 Å². The van der Waals surface area contributed by atoms with Crippen molar-refractivity contribution in [2.45, 2.75) is 0 Å². The number of carbonyl (C=O) groups excluding carboxylic acids is 2. The zero-order chi connectivity index (χ0) is 19.2. The number of para-hydroxylation sites is 1. The van der Waals surface area contributed by atoms with E-state index < -0.39 is 5.97 Å². The first kappa shape index (κ1) is 18.6. The van der Waals surface area contributed by atoms with E-state index in [0.717, 1.165) is 18.8 Å². The lowest BCUT2D eigenvalue weighted by Gasteiger charge is -2.36. The van der Waals surface area contributed by atoms with E-state index in [2.05, 4.69) is 4.90 Å². The number of methoxy groups -OCH3 is 1. The number of anilines is 1. The molecule has 0 spiro atoms. The van der Waals surface area contributed by atoms with Crippen molar-refractivity contribution >= 4 is 17.6 Å². The molecule has 27 heavy (non-hydrogen) atoms. The number of esters is 1. The van der Waals surface area contributed by atoms with Gasteiger partial charge in [-0.25, -0.2) is 4.79 Å². The summed E-state index contributed by atoms with van der Waals surface area (Å²) >= 11 is 0. The lowest BCUT2D eigenvalue weighted by atomic mass is 10.2. The Balaban J connectivity index is 1.49. The van der Waals surface area contributed by atoms with Crippen LogP contribution in [0.5, 0.6) is 11.5 Å². The number of ether oxygens (including phenoxy) is 2. The summed E-state index contributed by atoms with van der Waals surface area (Å²) in [6, 6.07) is 14.3. The number of benzene rings is 2. The van der Waals surface area contributed by atoms with E-state index in [1.54, 1.807) is 11.0 Å². The van der Waals surface area contributed by atoms with E-state index in [1.165, 1.54) is 19.2 Å². The fourth-order valence-electron chi connectivity index (χ4n) is 2.96. The van der Waals surface area contributed by atoms with E-state index in [-0.39, 0.29) is 23.8 Å². The number of amides is 1. The Morgan fingerprint density at radius 1 is 1.04 bits per heavy atom. The van der Waals surface area contributed by atoms with Gasteiger partial charge in [0.15, 0.2) is 6.61 Å². The van der Waals surface area contributed by atoms with Crippen molar-refractivity contribution in [3.63, 3.8) is 0 Å². The topological polar surface area (TPSA) is 79.3 Å².